The maximum atomic E-state index is 12.6. The molecule has 1 aromatic heterocycles. The normalized spacial score (nSPS) is 11.5. The van der Waals surface area contributed by atoms with Gasteiger partial charge in [-0.05, 0) is 37.7 Å². The Labute approximate surface area is 175 Å². The summed E-state index contributed by atoms with van der Waals surface area (Å²) in [6, 6.07) is 14.6. The number of benzene rings is 2. The maximum absolute atomic E-state index is 12.6. The SMILES string of the molecule is CCN[C@H](C)CNC(=O)c1ccccc1-c1nc(-c2cccc(Cl)c2)no1.Cl. The Morgan fingerprint density at radius 3 is 2.75 bits per heavy atom. The lowest BCUT2D eigenvalue weighted by atomic mass is 10.1. The molecule has 0 aliphatic carbocycles. The van der Waals surface area contributed by atoms with Crippen molar-refractivity contribution in [2.75, 3.05) is 13.1 Å². The second-order valence-electron chi connectivity index (χ2n) is 6.15. The Kier molecular flexibility index (Phi) is 7.99. The lowest BCUT2D eigenvalue weighted by Crippen LogP contribution is -2.38. The third kappa shape index (κ3) is 5.32. The van der Waals surface area contributed by atoms with Crippen LogP contribution in [0.15, 0.2) is 53.1 Å². The predicted molar refractivity (Wildman–Crippen MR) is 113 cm³/mol. The van der Waals surface area contributed by atoms with Crippen LogP contribution in [0.1, 0.15) is 24.2 Å². The molecule has 2 N–H and O–H groups in total. The van der Waals surface area contributed by atoms with Crippen molar-refractivity contribution < 1.29 is 9.32 Å². The first-order valence-electron chi connectivity index (χ1n) is 8.79. The Balaban J connectivity index is 0.00000280. The molecule has 0 bridgehead atoms. The summed E-state index contributed by atoms with van der Waals surface area (Å²) >= 11 is 6.02. The molecule has 28 heavy (non-hydrogen) atoms. The van der Waals surface area contributed by atoms with Crippen LogP contribution in [-0.2, 0) is 0 Å². The van der Waals surface area contributed by atoms with Gasteiger partial charge in [0.15, 0.2) is 0 Å². The number of hydrogen-bond donors (Lipinski definition) is 2. The van der Waals surface area contributed by atoms with Gasteiger partial charge in [0.25, 0.3) is 11.8 Å². The van der Waals surface area contributed by atoms with Crippen molar-refractivity contribution >= 4 is 29.9 Å². The molecular weight excluding hydrogens is 399 g/mol. The van der Waals surface area contributed by atoms with E-state index in [0.717, 1.165) is 12.1 Å². The average Bonchev–Trinajstić information content (AvgIpc) is 3.16. The minimum absolute atomic E-state index is 0. The number of likely N-dealkylation sites (N-methyl/N-ethyl adjacent to an activating group) is 1. The van der Waals surface area contributed by atoms with E-state index < -0.39 is 0 Å². The molecule has 0 aliphatic heterocycles. The van der Waals surface area contributed by atoms with Gasteiger partial charge < -0.3 is 15.2 Å². The molecule has 3 aromatic rings. The minimum Gasteiger partial charge on any atom is -0.350 e. The van der Waals surface area contributed by atoms with E-state index in [4.69, 9.17) is 16.1 Å². The maximum Gasteiger partial charge on any atom is 0.259 e. The number of halogens is 2. The van der Waals surface area contributed by atoms with Gasteiger partial charge in [0.05, 0.1) is 11.1 Å². The molecular formula is C20H22Cl2N4O2. The summed E-state index contributed by atoms with van der Waals surface area (Å²) in [6.45, 7) is 5.42. The summed E-state index contributed by atoms with van der Waals surface area (Å²) < 4.78 is 5.40. The average molecular weight is 421 g/mol. The molecule has 0 saturated heterocycles. The van der Waals surface area contributed by atoms with Crippen LogP contribution >= 0.6 is 24.0 Å². The molecule has 0 spiro atoms. The summed E-state index contributed by atoms with van der Waals surface area (Å²) in [5.74, 6) is 0.525. The van der Waals surface area contributed by atoms with Crippen LogP contribution < -0.4 is 10.6 Å². The van der Waals surface area contributed by atoms with Crippen molar-refractivity contribution in [3.05, 3.63) is 59.1 Å². The van der Waals surface area contributed by atoms with Crippen LogP contribution in [-0.4, -0.2) is 35.2 Å². The van der Waals surface area contributed by atoms with Gasteiger partial charge in [-0.3, -0.25) is 4.79 Å². The fourth-order valence-corrected chi connectivity index (χ4v) is 2.90. The van der Waals surface area contributed by atoms with Crippen LogP contribution in [0.5, 0.6) is 0 Å². The van der Waals surface area contributed by atoms with Crippen molar-refractivity contribution in [2.24, 2.45) is 0 Å². The van der Waals surface area contributed by atoms with Crippen molar-refractivity contribution in [3.8, 4) is 22.8 Å². The Morgan fingerprint density at radius 1 is 1.21 bits per heavy atom. The summed E-state index contributed by atoms with van der Waals surface area (Å²) in [5.41, 5.74) is 1.83. The Bertz CT molecular complexity index is 930. The van der Waals surface area contributed by atoms with Gasteiger partial charge in [0.1, 0.15) is 0 Å². The molecule has 3 rings (SSSR count). The summed E-state index contributed by atoms with van der Waals surface area (Å²) in [4.78, 5) is 17.1. The number of nitrogens with one attached hydrogen (secondary N) is 2. The van der Waals surface area contributed by atoms with Crippen LogP contribution in [0.4, 0.5) is 0 Å². The smallest absolute Gasteiger partial charge is 0.259 e. The lowest BCUT2D eigenvalue weighted by molar-refractivity contribution is 0.0950. The molecule has 0 fully saturated rings. The van der Waals surface area contributed by atoms with Crippen LogP contribution in [0.3, 0.4) is 0 Å². The lowest BCUT2D eigenvalue weighted by Gasteiger charge is -2.14. The first-order valence-corrected chi connectivity index (χ1v) is 9.17. The number of rotatable bonds is 7. The van der Waals surface area contributed by atoms with E-state index in [9.17, 15) is 4.79 Å². The highest BCUT2D eigenvalue weighted by atomic mass is 35.5. The third-order valence-electron chi connectivity index (χ3n) is 4.03. The van der Waals surface area contributed by atoms with E-state index in [0.29, 0.717) is 28.5 Å². The summed E-state index contributed by atoms with van der Waals surface area (Å²) in [6.07, 6.45) is 0. The second-order valence-corrected chi connectivity index (χ2v) is 6.58. The molecule has 1 amide bonds. The van der Waals surface area contributed by atoms with Crippen molar-refractivity contribution in [3.63, 3.8) is 0 Å². The van der Waals surface area contributed by atoms with E-state index in [2.05, 4.69) is 20.8 Å². The topological polar surface area (TPSA) is 80.0 Å². The van der Waals surface area contributed by atoms with Gasteiger partial charge in [-0.1, -0.05) is 47.9 Å². The van der Waals surface area contributed by atoms with Crippen molar-refractivity contribution in [1.29, 1.82) is 0 Å². The Morgan fingerprint density at radius 2 is 2.00 bits per heavy atom. The molecule has 6 nitrogen and oxygen atoms in total. The standard InChI is InChI=1S/C20H21ClN4O2.ClH/c1-3-22-13(2)12-23-19(26)16-9-4-5-10-17(16)20-24-18(25-27-20)14-7-6-8-15(21)11-14;/h4-11,13,22H,3,12H2,1-2H3,(H,23,26);1H/t13-;/m1./s1. The van der Waals surface area contributed by atoms with E-state index >= 15 is 0 Å². The van der Waals surface area contributed by atoms with Crippen molar-refractivity contribution in [2.45, 2.75) is 19.9 Å². The number of carbonyl (C=O) groups is 1. The third-order valence-corrected chi connectivity index (χ3v) is 4.27. The van der Waals surface area contributed by atoms with Gasteiger partial charge >= 0.3 is 0 Å². The van der Waals surface area contributed by atoms with Gasteiger partial charge in [-0.15, -0.1) is 12.4 Å². The summed E-state index contributed by atoms with van der Waals surface area (Å²) in [5, 5.41) is 10.8. The summed E-state index contributed by atoms with van der Waals surface area (Å²) in [7, 11) is 0. The molecule has 1 heterocycles. The molecule has 0 unspecified atom stereocenters. The molecule has 8 heteroatoms. The van der Waals surface area contributed by atoms with Gasteiger partial charge in [-0.25, -0.2) is 0 Å². The van der Waals surface area contributed by atoms with E-state index in [1.807, 2.05) is 32.0 Å². The fourth-order valence-electron chi connectivity index (χ4n) is 2.71. The van der Waals surface area contributed by atoms with Crippen molar-refractivity contribution in [1.82, 2.24) is 20.8 Å². The highest BCUT2D eigenvalue weighted by molar-refractivity contribution is 6.30. The zero-order valence-corrected chi connectivity index (χ0v) is 17.2. The number of aromatic nitrogens is 2. The molecule has 148 valence electrons. The Hall–Kier alpha value is -2.41. The highest BCUT2D eigenvalue weighted by Gasteiger charge is 2.18. The van der Waals surface area contributed by atoms with E-state index in [-0.39, 0.29) is 30.2 Å². The largest absolute Gasteiger partial charge is 0.350 e. The molecule has 1 atom stereocenters. The van der Waals surface area contributed by atoms with Gasteiger partial charge in [-0.2, -0.15) is 4.98 Å². The zero-order valence-electron chi connectivity index (χ0n) is 15.6. The minimum atomic E-state index is -0.183. The van der Waals surface area contributed by atoms with Gasteiger partial charge in [0.2, 0.25) is 5.82 Å². The molecule has 2 aromatic carbocycles. The van der Waals surface area contributed by atoms with E-state index in [1.165, 1.54) is 0 Å². The van der Waals surface area contributed by atoms with Crippen LogP contribution in [0.25, 0.3) is 22.8 Å². The molecule has 0 aliphatic rings. The monoisotopic (exact) mass is 420 g/mol. The predicted octanol–water partition coefficient (Wildman–Crippen LogP) is 4.21. The van der Waals surface area contributed by atoms with Gasteiger partial charge in [0, 0.05) is 23.2 Å². The zero-order chi connectivity index (χ0) is 19.2. The number of carbonyl (C=O) groups excluding carboxylic acids is 1. The quantitative estimate of drug-likeness (QED) is 0.598. The fraction of sp³-hybridized carbons (Fsp3) is 0.250. The van der Waals surface area contributed by atoms with E-state index in [1.54, 1.807) is 30.3 Å². The molecule has 0 saturated carbocycles. The first-order chi connectivity index (χ1) is 13.1. The number of amides is 1. The highest BCUT2D eigenvalue weighted by Crippen LogP contribution is 2.26. The van der Waals surface area contributed by atoms with Crippen LogP contribution in [0.2, 0.25) is 5.02 Å². The van der Waals surface area contributed by atoms with Crippen LogP contribution in [0, 0.1) is 0 Å². The number of hydrogen-bond acceptors (Lipinski definition) is 5. The first kappa shape index (κ1) is 21.9. The molecule has 0 radical (unpaired) electrons. The number of nitrogens with zero attached hydrogens (tertiary/aromatic N) is 2. The second kappa shape index (κ2) is 10.2.